The van der Waals surface area contributed by atoms with Crippen molar-refractivity contribution in [2.45, 2.75) is 57.4 Å². The Labute approximate surface area is 211 Å². The van der Waals surface area contributed by atoms with Gasteiger partial charge in [0.1, 0.15) is 6.04 Å². The average Bonchev–Trinajstić information content (AvgIpc) is 2.86. The zero-order chi connectivity index (χ0) is 27.0. The minimum Gasteiger partial charge on any atom is -0.480 e. The van der Waals surface area contributed by atoms with Gasteiger partial charge in [-0.25, -0.2) is 22.9 Å². The molecular formula is C27H29F2N3O5. The first kappa shape index (κ1) is 26.2. The first-order valence-corrected chi connectivity index (χ1v) is 12.2. The van der Waals surface area contributed by atoms with Crippen LogP contribution in [0.1, 0.15) is 44.6 Å². The molecule has 0 bridgehead atoms. The van der Waals surface area contributed by atoms with Crippen molar-refractivity contribution in [3.05, 3.63) is 75.1 Å². The van der Waals surface area contributed by atoms with E-state index in [0.717, 1.165) is 4.57 Å². The van der Waals surface area contributed by atoms with Crippen LogP contribution < -0.4 is 16.6 Å². The van der Waals surface area contributed by atoms with Crippen LogP contribution in [-0.2, 0) is 23.1 Å². The monoisotopic (exact) mass is 513 g/mol. The molecule has 2 N–H and O–H groups in total. The molecule has 0 saturated heterocycles. The Morgan fingerprint density at radius 1 is 1.03 bits per heavy atom. The summed E-state index contributed by atoms with van der Waals surface area (Å²) in [6, 6.07) is 10.2. The Hall–Kier alpha value is -3.82. The third-order valence-corrected chi connectivity index (χ3v) is 7.51. The number of halogens is 2. The number of carboxylic acids is 1. The molecule has 3 aromatic rings. The molecule has 0 radical (unpaired) electrons. The van der Waals surface area contributed by atoms with Crippen LogP contribution in [0.2, 0.25) is 0 Å². The lowest BCUT2D eigenvalue weighted by molar-refractivity contribution is -0.147. The summed E-state index contributed by atoms with van der Waals surface area (Å²) in [5.41, 5.74) is -1.11. The SMILES string of the molecule is CCC1(C(=O)N[C@@H](Cc2cccc3c(-n4c(=O)ccn(C)c4=O)cccc23)C(=O)O)CCC(F)(F)CC1. The van der Waals surface area contributed by atoms with Crippen molar-refractivity contribution in [2.75, 3.05) is 0 Å². The number of alkyl halides is 2. The fraction of sp³-hybridized carbons (Fsp3) is 0.407. The molecule has 0 unspecified atom stereocenters. The fourth-order valence-electron chi connectivity index (χ4n) is 5.09. The van der Waals surface area contributed by atoms with Gasteiger partial charge in [-0.1, -0.05) is 37.3 Å². The van der Waals surface area contributed by atoms with E-state index in [-0.39, 0.29) is 19.3 Å². The lowest BCUT2D eigenvalue weighted by atomic mass is 9.70. The molecule has 1 aliphatic rings. The van der Waals surface area contributed by atoms with Gasteiger partial charge in [-0.3, -0.25) is 9.59 Å². The molecule has 196 valence electrons. The topological polar surface area (TPSA) is 110 Å². The van der Waals surface area contributed by atoms with E-state index >= 15 is 0 Å². The molecular weight excluding hydrogens is 484 g/mol. The second kappa shape index (κ2) is 9.91. The number of nitrogens with one attached hydrogen (secondary N) is 1. The van der Waals surface area contributed by atoms with Crippen molar-refractivity contribution in [2.24, 2.45) is 12.5 Å². The van der Waals surface area contributed by atoms with Gasteiger partial charge in [0, 0.05) is 49.4 Å². The summed E-state index contributed by atoms with van der Waals surface area (Å²) in [7, 11) is 1.53. The number of hydrogen-bond acceptors (Lipinski definition) is 4. The lowest BCUT2D eigenvalue weighted by Crippen LogP contribution is -2.51. The highest BCUT2D eigenvalue weighted by atomic mass is 19.3. The predicted octanol–water partition coefficient (Wildman–Crippen LogP) is 3.41. The molecule has 1 saturated carbocycles. The van der Waals surface area contributed by atoms with E-state index in [1.54, 1.807) is 43.3 Å². The van der Waals surface area contributed by atoms with Crippen LogP contribution in [0.5, 0.6) is 0 Å². The molecule has 2 aromatic carbocycles. The fourth-order valence-corrected chi connectivity index (χ4v) is 5.09. The van der Waals surface area contributed by atoms with Crippen molar-refractivity contribution >= 4 is 22.6 Å². The van der Waals surface area contributed by atoms with Crippen LogP contribution in [0.25, 0.3) is 16.5 Å². The number of aliphatic carboxylic acids is 1. The van der Waals surface area contributed by atoms with Crippen LogP contribution in [0.15, 0.2) is 58.3 Å². The molecule has 0 aliphatic heterocycles. The Balaban J connectivity index is 1.68. The molecule has 1 amide bonds. The second-order valence-corrected chi connectivity index (χ2v) is 9.73. The standard InChI is InChI=1S/C27H29F2N3O5/c1-3-26(11-13-27(28,29)14-12-26)24(36)30-20(23(34)35)16-17-6-4-8-19-18(17)7-5-9-21(19)32-22(33)10-15-31(2)25(32)37/h4-10,15,20H,3,11-14,16H2,1-2H3,(H,30,36)(H,34,35)/t20-/m0/s1. The van der Waals surface area contributed by atoms with E-state index in [1.165, 1.54) is 23.9 Å². The Morgan fingerprint density at radius 2 is 1.68 bits per heavy atom. The lowest BCUT2D eigenvalue weighted by Gasteiger charge is -2.38. The number of rotatable bonds is 7. The largest absolute Gasteiger partial charge is 0.480 e. The van der Waals surface area contributed by atoms with Gasteiger partial charge < -0.3 is 15.0 Å². The maximum atomic E-state index is 13.7. The molecule has 1 aromatic heterocycles. The quantitative estimate of drug-likeness (QED) is 0.503. The third-order valence-electron chi connectivity index (χ3n) is 7.51. The number of carbonyl (C=O) groups excluding carboxylic acids is 1. The molecule has 37 heavy (non-hydrogen) atoms. The summed E-state index contributed by atoms with van der Waals surface area (Å²) < 4.78 is 29.8. The van der Waals surface area contributed by atoms with Gasteiger partial charge in [-0.15, -0.1) is 0 Å². The highest BCUT2D eigenvalue weighted by Gasteiger charge is 2.47. The summed E-state index contributed by atoms with van der Waals surface area (Å²) >= 11 is 0. The Bertz CT molecular complexity index is 1470. The van der Waals surface area contributed by atoms with Crippen molar-refractivity contribution in [3.63, 3.8) is 0 Å². The van der Waals surface area contributed by atoms with Gasteiger partial charge in [0.25, 0.3) is 5.56 Å². The van der Waals surface area contributed by atoms with Gasteiger partial charge in [0.05, 0.1) is 5.69 Å². The zero-order valence-electron chi connectivity index (χ0n) is 20.7. The van der Waals surface area contributed by atoms with Crippen molar-refractivity contribution in [3.8, 4) is 5.69 Å². The number of carbonyl (C=O) groups is 2. The zero-order valence-corrected chi connectivity index (χ0v) is 20.7. The van der Waals surface area contributed by atoms with Gasteiger partial charge in [-0.2, -0.15) is 0 Å². The van der Waals surface area contributed by atoms with Gasteiger partial charge in [0.2, 0.25) is 11.8 Å². The number of aromatic nitrogens is 2. The van der Waals surface area contributed by atoms with E-state index in [2.05, 4.69) is 5.32 Å². The number of aryl methyl sites for hydroxylation is 1. The van der Waals surface area contributed by atoms with Gasteiger partial charge >= 0.3 is 11.7 Å². The molecule has 1 aliphatic carbocycles. The predicted molar refractivity (Wildman–Crippen MR) is 134 cm³/mol. The normalized spacial score (nSPS) is 17.3. The van der Waals surface area contributed by atoms with Crippen LogP contribution >= 0.6 is 0 Å². The van der Waals surface area contributed by atoms with E-state index in [4.69, 9.17) is 0 Å². The summed E-state index contributed by atoms with van der Waals surface area (Å²) in [6.07, 6.45) is 0.820. The van der Waals surface area contributed by atoms with Crippen LogP contribution in [0.4, 0.5) is 8.78 Å². The molecule has 1 fully saturated rings. The first-order valence-electron chi connectivity index (χ1n) is 12.2. The average molecular weight is 514 g/mol. The molecule has 8 nitrogen and oxygen atoms in total. The van der Waals surface area contributed by atoms with Crippen LogP contribution in [-0.4, -0.2) is 38.1 Å². The van der Waals surface area contributed by atoms with Crippen molar-refractivity contribution < 1.29 is 23.5 Å². The van der Waals surface area contributed by atoms with Crippen LogP contribution in [0, 0.1) is 5.41 Å². The third kappa shape index (κ3) is 5.05. The highest BCUT2D eigenvalue weighted by Crippen LogP contribution is 2.45. The minimum atomic E-state index is -2.81. The number of carboxylic acid groups (broad SMARTS) is 1. The Morgan fingerprint density at radius 3 is 2.32 bits per heavy atom. The molecule has 1 atom stereocenters. The van der Waals surface area contributed by atoms with E-state index in [0.29, 0.717) is 28.4 Å². The van der Waals surface area contributed by atoms with Gasteiger partial charge in [-0.05, 0) is 36.3 Å². The van der Waals surface area contributed by atoms with Gasteiger partial charge in [0.15, 0.2) is 0 Å². The highest BCUT2D eigenvalue weighted by molar-refractivity contribution is 5.93. The van der Waals surface area contributed by atoms with Crippen molar-refractivity contribution in [1.29, 1.82) is 0 Å². The number of benzene rings is 2. The van der Waals surface area contributed by atoms with Crippen molar-refractivity contribution in [1.82, 2.24) is 14.5 Å². The minimum absolute atomic E-state index is 0.00686. The number of nitrogens with zero attached hydrogens (tertiary/aromatic N) is 2. The molecule has 10 heteroatoms. The number of fused-ring (bicyclic) bond motifs is 1. The van der Waals surface area contributed by atoms with E-state index in [9.17, 15) is 33.1 Å². The summed E-state index contributed by atoms with van der Waals surface area (Å²) in [5.74, 6) is -4.59. The van der Waals surface area contributed by atoms with Crippen LogP contribution in [0.3, 0.4) is 0 Å². The molecule has 4 rings (SSSR count). The van der Waals surface area contributed by atoms with E-state index < -0.39 is 53.3 Å². The smallest absolute Gasteiger partial charge is 0.335 e. The maximum absolute atomic E-state index is 13.7. The maximum Gasteiger partial charge on any atom is 0.335 e. The summed E-state index contributed by atoms with van der Waals surface area (Å²) in [5, 5.41) is 13.7. The Kier molecular flexibility index (Phi) is 7.03. The summed E-state index contributed by atoms with van der Waals surface area (Å²) in [4.78, 5) is 50.6. The second-order valence-electron chi connectivity index (χ2n) is 9.73. The van der Waals surface area contributed by atoms with E-state index in [1.807, 2.05) is 0 Å². The molecule has 0 spiro atoms. The first-order chi connectivity index (χ1) is 17.5. The number of hydrogen-bond donors (Lipinski definition) is 2. The number of amides is 1. The molecule has 1 heterocycles. The summed E-state index contributed by atoms with van der Waals surface area (Å²) in [6.45, 7) is 1.75.